The fourth-order valence-corrected chi connectivity index (χ4v) is 3.85. The van der Waals surface area contributed by atoms with E-state index in [0.717, 1.165) is 19.3 Å². The van der Waals surface area contributed by atoms with E-state index in [0.29, 0.717) is 39.0 Å². The summed E-state index contributed by atoms with van der Waals surface area (Å²) in [7, 11) is 0. The van der Waals surface area contributed by atoms with Crippen LogP contribution in [0.5, 0.6) is 0 Å². The van der Waals surface area contributed by atoms with Gasteiger partial charge >= 0.3 is 0 Å². The maximum Gasteiger partial charge on any atom is 0.256 e. The first-order valence-corrected chi connectivity index (χ1v) is 9.13. The average molecular weight is 347 g/mol. The summed E-state index contributed by atoms with van der Waals surface area (Å²) < 4.78 is 13.8. The molecule has 6 heteroatoms. The normalized spacial score (nSPS) is 24.2. The van der Waals surface area contributed by atoms with Crippen LogP contribution in [0.2, 0.25) is 0 Å². The van der Waals surface area contributed by atoms with E-state index in [1.807, 2.05) is 4.90 Å². The molecule has 2 amide bonds. The number of carbonyl (C=O) groups is 2. The summed E-state index contributed by atoms with van der Waals surface area (Å²) in [5.41, 5.74) is 6.17. The Hall–Kier alpha value is -1.95. The van der Waals surface area contributed by atoms with E-state index in [1.54, 1.807) is 17.0 Å². The van der Waals surface area contributed by atoms with Crippen LogP contribution in [0.1, 0.15) is 42.5 Å². The van der Waals surface area contributed by atoms with Gasteiger partial charge in [0, 0.05) is 38.6 Å². The predicted molar refractivity (Wildman–Crippen MR) is 93.4 cm³/mol. The van der Waals surface area contributed by atoms with Gasteiger partial charge in [-0.05, 0) is 37.3 Å². The first kappa shape index (κ1) is 17.9. The molecule has 1 aromatic carbocycles. The third-order valence-corrected chi connectivity index (χ3v) is 5.39. The fraction of sp³-hybridized carbons (Fsp3) is 0.579. The molecule has 1 aliphatic carbocycles. The molecular formula is C19H26FN3O2. The van der Waals surface area contributed by atoms with Gasteiger partial charge in [0.15, 0.2) is 0 Å². The zero-order valence-electron chi connectivity index (χ0n) is 14.5. The molecule has 1 aromatic rings. The molecule has 2 aliphatic rings. The third kappa shape index (κ3) is 4.18. The molecule has 2 fully saturated rings. The highest BCUT2D eigenvalue weighted by Crippen LogP contribution is 2.27. The Bertz CT molecular complexity index is 637. The number of carbonyl (C=O) groups excluding carboxylic acids is 2. The van der Waals surface area contributed by atoms with E-state index in [4.69, 9.17) is 5.73 Å². The Morgan fingerprint density at radius 3 is 2.48 bits per heavy atom. The molecule has 0 bridgehead atoms. The quantitative estimate of drug-likeness (QED) is 0.910. The highest BCUT2D eigenvalue weighted by Gasteiger charge is 2.29. The van der Waals surface area contributed by atoms with Crippen LogP contribution in [0.15, 0.2) is 24.3 Å². The van der Waals surface area contributed by atoms with Gasteiger partial charge in [-0.1, -0.05) is 18.6 Å². The Labute approximate surface area is 148 Å². The third-order valence-electron chi connectivity index (χ3n) is 5.39. The molecule has 0 aromatic heterocycles. The molecule has 2 atom stereocenters. The Morgan fingerprint density at radius 2 is 1.76 bits per heavy atom. The molecule has 5 nitrogen and oxygen atoms in total. The van der Waals surface area contributed by atoms with Crippen LogP contribution in [-0.4, -0.2) is 53.8 Å². The summed E-state index contributed by atoms with van der Waals surface area (Å²) in [5, 5.41) is 0. The Morgan fingerprint density at radius 1 is 1.04 bits per heavy atom. The summed E-state index contributed by atoms with van der Waals surface area (Å²) >= 11 is 0. The fourth-order valence-electron chi connectivity index (χ4n) is 3.85. The van der Waals surface area contributed by atoms with Crippen LogP contribution in [0.25, 0.3) is 0 Å². The highest BCUT2D eigenvalue weighted by atomic mass is 19.1. The molecule has 1 saturated heterocycles. The van der Waals surface area contributed by atoms with Gasteiger partial charge in [-0.15, -0.1) is 0 Å². The Balaban J connectivity index is 1.57. The lowest BCUT2D eigenvalue weighted by molar-refractivity contribution is -0.132. The monoisotopic (exact) mass is 347 g/mol. The number of halogens is 1. The number of benzene rings is 1. The Kier molecular flexibility index (Phi) is 5.68. The summed E-state index contributed by atoms with van der Waals surface area (Å²) in [6.45, 7) is 2.12. The maximum atomic E-state index is 13.8. The number of hydrogen-bond acceptors (Lipinski definition) is 3. The van der Waals surface area contributed by atoms with Crippen molar-refractivity contribution in [2.75, 3.05) is 26.2 Å². The van der Waals surface area contributed by atoms with Gasteiger partial charge in [0.25, 0.3) is 5.91 Å². The van der Waals surface area contributed by atoms with Crippen molar-refractivity contribution >= 4 is 11.8 Å². The predicted octanol–water partition coefficient (Wildman–Crippen LogP) is 2.02. The van der Waals surface area contributed by atoms with Crippen molar-refractivity contribution in [1.82, 2.24) is 9.80 Å². The number of nitrogens with two attached hydrogens (primary N) is 1. The van der Waals surface area contributed by atoms with E-state index in [9.17, 15) is 14.0 Å². The molecule has 0 spiro atoms. The van der Waals surface area contributed by atoms with Crippen molar-refractivity contribution in [2.24, 2.45) is 11.7 Å². The van der Waals surface area contributed by atoms with E-state index in [2.05, 4.69) is 0 Å². The average Bonchev–Trinajstić information content (AvgIpc) is 2.86. The first-order valence-electron chi connectivity index (χ1n) is 9.13. The van der Waals surface area contributed by atoms with E-state index in [1.165, 1.54) is 12.1 Å². The van der Waals surface area contributed by atoms with Crippen LogP contribution in [0, 0.1) is 11.7 Å². The van der Waals surface area contributed by atoms with Gasteiger partial charge < -0.3 is 15.5 Å². The van der Waals surface area contributed by atoms with Crippen molar-refractivity contribution in [2.45, 2.75) is 38.1 Å². The van der Waals surface area contributed by atoms with Crippen LogP contribution >= 0.6 is 0 Å². The van der Waals surface area contributed by atoms with E-state index < -0.39 is 5.82 Å². The first-order chi connectivity index (χ1) is 12.1. The highest BCUT2D eigenvalue weighted by molar-refractivity contribution is 5.94. The molecule has 136 valence electrons. The minimum atomic E-state index is -0.500. The zero-order valence-corrected chi connectivity index (χ0v) is 14.5. The molecule has 1 saturated carbocycles. The second-order valence-electron chi connectivity index (χ2n) is 7.07. The summed E-state index contributed by atoms with van der Waals surface area (Å²) in [6.07, 6.45) is 4.34. The number of amides is 2. The van der Waals surface area contributed by atoms with E-state index in [-0.39, 0.29) is 29.3 Å². The summed E-state index contributed by atoms with van der Waals surface area (Å²) in [4.78, 5) is 28.6. The summed E-state index contributed by atoms with van der Waals surface area (Å²) in [5.74, 6) is -0.389. The molecule has 1 aliphatic heterocycles. The SMILES string of the molecule is N[C@@H]1CCC[C@H]1CC(=O)N1CCCN(C(=O)c2ccccc2F)CC1. The van der Waals surface area contributed by atoms with Crippen LogP contribution < -0.4 is 5.73 Å². The van der Waals surface area contributed by atoms with Gasteiger partial charge in [-0.3, -0.25) is 9.59 Å². The number of nitrogens with zero attached hydrogens (tertiary/aromatic N) is 2. The van der Waals surface area contributed by atoms with Crippen LogP contribution in [0.4, 0.5) is 4.39 Å². The van der Waals surface area contributed by atoms with Crippen LogP contribution in [0.3, 0.4) is 0 Å². The minimum absolute atomic E-state index is 0.0965. The molecule has 3 rings (SSSR count). The zero-order chi connectivity index (χ0) is 17.8. The van der Waals surface area contributed by atoms with Gasteiger partial charge in [0.1, 0.15) is 5.82 Å². The molecule has 0 unspecified atom stereocenters. The molecular weight excluding hydrogens is 321 g/mol. The second kappa shape index (κ2) is 7.95. The topological polar surface area (TPSA) is 66.6 Å². The molecule has 2 N–H and O–H groups in total. The van der Waals surface area contributed by atoms with Gasteiger partial charge in [0.05, 0.1) is 5.56 Å². The smallest absolute Gasteiger partial charge is 0.256 e. The standard InChI is InChI=1S/C19H26FN3O2/c20-16-7-2-1-6-15(16)19(25)23-10-4-9-22(11-12-23)18(24)13-14-5-3-8-17(14)21/h1-2,6-7,14,17H,3-5,8-13,21H2/t14-,17+/m0/s1. The minimum Gasteiger partial charge on any atom is -0.341 e. The van der Waals surface area contributed by atoms with E-state index >= 15 is 0 Å². The van der Waals surface area contributed by atoms with Gasteiger partial charge in [-0.25, -0.2) is 4.39 Å². The lowest BCUT2D eigenvalue weighted by Crippen LogP contribution is -2.39. The maximum absolute atomic E-state index is 13.8. The lowest BCUT2D eigenvalue weighted by atomic mass is 9.99. The summed E-state index contributed by atoms with van der Waals surface area (Å²) in [6, 6.07) is 6.17. The lowest BCUT2D eigenvalue weighted by Gasteiger charge is -2.24. The van der Waals surface area contributed by atoms with Gasteiger partial charge in [-0.2, -0.15) is 0 Å². The van der Waals surface area contributed by atoms with Crippen molar-refractivity contribution < 1.29 is 14.0 Å². The van der Waals surface area contributed by atoms with Crippen molar-refractivity contribution in [3.63, 3.8) is 0 Å². The number of rotatable bonds is 3. The second-order valence-corrected chi connectivity index (χ2v) is 7.07. The van der Waals surface area contributed by atoms with Crippen molar-refractivity contribution in [1.29, 1.82) is 0 Å². The van der Waals surface area contributed by atoms with Crippen molar-refractivity contribution in [3.8, 4) is 0 Å². The molecule has 25 heavy (non-hydrogen) atoms. The van der Waals surface area contributed by atoms with Crippen molar-refractivity contribution in [3.05, 3.63) is 35.6 Å². The molecule has 0 radical (unpaired) electrons. The molecule has 1 heterocycles. The van der Waals surface area contributed by atoms with Gasteiger partial charge in [0.2, 0.25) is 5.91 Å². The van der Waals surface area contributed by atoms with Crippen LogP contribution in [-0.2, 0) is 4.79 Å². The largest absolute Gasteiger partial charge is 0.341 e. The number of hydrogen-bond donors (Lipinski definition) is 1.